The van der Waals surface area contributed by atoms with Crippen LogP contribution in [0.2, 0.25) is 0 Å². The second-order valence-corrected chi connectivity index (χ2v) is 10.5. The van der Waals surface area contributed by atoms with Crippen LogP contribution in [0.15, 0.2) is 109 Å². The van der Waals surface area contributed by atoms with Gasteiger partial charge in [0, 0.05) is 53.9 Å². The summed E-state index contributed by atoms with van der Waals surface area (Å²) in [5, 5.41) is 1.06. The number of hydrogen-bond acceptors (Lipinski definition) is 3. The zero-order valence-electron chi connectivity index (χ0n) is 22.2. The molecule has 1 saturated heterocycles. The van der Waals surface area contributed by atoms with Gasteiger partial charge in [-0.15, -0.1) is 0 Å². The Morgan fingerprint density at radius 2 is 1.40 bits per heavy atom. The third kappa shape index (κ3) is 4.13. The number of nitrogens with zero attached hydrogens (tertiary/aromatic N) is 3. The van der Waals surface area contributed by atoms with Gasteiger partial charge in [0.25, 0.3) is 5.91 Å². The molecular formula is C34H30N4O2. The van der Waals surface area contributed by atoms with Gasteiger partial charge < -0.3 is 19.7 Å². The molecule has 1 atom stereocenters. The van der Waals surface area contributed by atoms with Crippen LogP contribution in [0.4, 0.5) is 5.69 Å². The van der Waals surface area contributed by atoms with Crippen molar-refractivity contribution in [1.29, 1.82) is 0 Å². The van der Waals surface area contributed by atoms with E-state index in [0.29, 0.717) is 18.7 Å². The first-order chi connectivity index (χ1) is 19.7. The molecule has 198 valence electrons. The van der Waals surface area contributed by atoms with E-state index in [2.05, 4.69) is 46.3 Å². The third-order valence-corrected chi connectivity index (χ3v) is 8.20. The van der Waals surface area contributed by atoms with E-state index in [-0.39, 0.29) is 24.4 Å². The first kappa shape index (κ1) is 24.2. The topological polar surface area (TPSA) is 59.7 Å². The number of rotatable bonds is 5. The minimum Gasteiger partial charge on any atom is -0.368 e. The van der Waals surface area contributed by atoms with Crippen LogP contribution in [-0.2, 0) is 4.79 Å². The summed E-state index contributed by atoms with van der Waals surface area (Å²) >= 11 is 0. The molecule has 0 bridgehead atoms. The molecule has 2 aliphatic heterocycles. The lowest BCUT2D eigenvalue weighted by molar-refractivity contribution is -0.132. The summed E-state index contributed by atoms with van der Waals surface area (Å²) in [6.07, 6.45) is 0. The molecule has 6 heteroatoms. The van der Waals surface area contributed by atoms with Gasteiger partial charge in [-0.05, 0) is 35.4 Å². The summed E-state index contributed by atoms with van der Waals surface area (Å²) in [6, 6.07) is 36.1. The molecule has 2 amide bonds. The second-order valence-electron chi connectivity index (χ2n) is 10.5. The summed E-state index contributed by atoms with van der Waals surface area (Å²) in [6.45, 7) is 2.85. The fraction of sp³-hybridized carbons (Fsp3) is 0.176. The number of aromatic nitrogens is 1. The molecule has 0 radical (unpaired) electrons. The van der Waals surface area contributed by atoms with Gasteiger partial charge in [-0.25, -0.2) is 0 Å². The largest absolute Gasteiger partial charge is 0.368 e. The Kier molecular flexibility index (Phi) is 6.08. The lowest BCUT2D eigenvalue weighted by Crippen LogP contribution is -2.51. The van der Waals surface area contributed by atoms with Gasteiger partial charge in [0.2, 0.25) is 5.91 Å². The maximum Gasteiger partial charge on any atom is 0.255 e. The number of carbonyl (C=O) groups excluding carboxylic acids is 2. The van der Waals surface area contributed by atoms with Gasteiger partial charge in [0.15, 0.2) is 0 Å². The van der Waals surface area contributed by atoms with E-state index in [1.807, 2.05) is 77.7 Å². The van der Waals surface area contributed by atoms with Gasteiger partial charge in [-0.3, -0.25) is 9.59 Å². The molecule has 1 unspecified atom stereocenters. The lowest BCUT2D eigenvalue weighted by Gasteiger charge is -2.37. The van der Waals surface area contributed by atoms with Crippen molar-refractivity contribution in [2.24, 2.45) is 0 Å². The number of amides is 2. The number of carbonyl (C=O) groups is 2. The average Bonchev–Trinajstić information content (AvgIpc) is 3.53. The number of hydrogen-bond donors (Lipinski definition) is 1. The molecule has 7 rings (SSSR count). The Bertz CT molecular complexity index is 1690. The van der Waals surface area contributed by atoms with E-state index in [4.69, 9.17) is 0 Å². The van der Waals surface area contributed by atoms with E-state index in [0.717, 1.165) is 46.4 Å². The third-order valence-electron chi connectivity index (χ3n) is 8.20. The van der Waals surface area contributed by atoms with E-state index in [1.54, 1.807) is 4.90 Å². The van der Waals surface area contributed by atoms with Crippen molar-refractivity contribution >= 4 is 28.4 Å². The SMILES string of the molecule is O=C(CN1C(=O)c2ccccc2C1c1c(-c2ccccc2)[nH]c2ccccc12)N1CCN(c2ccccc2)CC1. The van der Waals surface area contributed by atoms with Gasteiger partial charge in [-0.1, -0.05) is 84.9 Å². The summed E-state index contributed by atoms with van der Waals surface area (Å²) in [7, 11) is 0. The first-order valence-electron chi connectivity index (χ1n) is 13.8. The van der Waals surface area contributed by atoms with E-state index < -0.39 is 0 Å². The van der Waals surface area contributed by atoms with Gasteiger partial charge >= 0.3 is 0 Å². The number of nitrogens with one attached hydrogen (secondary N) is 1. The van der Waals surface area contributed by atoms with Crippen LogP contribution in [0.5, 0.6) is 0 Å². The smallest absolute Gasteiger partial charge is 0.255 e. The lowest BCUT2D eigenvalue weighted by atomic mass is 9.93. The van der Waals surface area contributed by atoms with E-state index in [9.17, 15) is 9.59 Å². The highest BCUT2D eigenvalue weighted by molar-refractivity contribution is 6.03. The van der Waals surface area contributed by atoms with Crippen LogP contribution < -0.4 is 4.90 Å². The molecular weight excluding hydrogens is 496 g/mol. The highest BCUT2D eigenvalue weighted by Gasteiger charge is 2.41. The van der Waals surface area contributed by atoms with Crippen molar-refractivity contribution in [3.05, 3.63) is 126 Å². The Morgan fingerprint density at radius 3 is 2.17 bits per heavy atom. The summed E-state index contributed by atoms with van der Waals surface area (Å²) < 4.78 is 0. The number of fused-ring (bicyclic) bond motifs is 2. The fourth-order valence-electron chi connectivity index (χ4n) is 6.22. The van der Waals surface area contributed by atoms with Gasteiger partial charge in [0.1, 0.15) is 6.54 Å². The zero-order valence-corrected chi connectivity index (χ0v) is 22.2. The Morgan fingerprint density at radius 1 is 0.750 bits per heavy atom. The number of aromatic amines is 1. The first-order valence-corrected chi connectivity index (χ1v) is 13.8. The molecule has 1 N–H and O–H groups in total. The molecule has 1 fully saturated rings. The van der Waals surface area contributed by atoms with Crippen LogP contribution in [0.1, 0.15) is 27.5 Å². The highest BCUT2D eigenvalue weighted by Crippen LogP contribution is 2.45. The van der Waals surface area contributed by atoms with Crippen molar-refractivity contribution < 1.29 is 9.59 Å². The molecule has 2 aliphatic rings. The molecule has 5 aromatic rings. The minimum atomic E-state index is -0.371. The van der Waals surface area contributed by atoms with Crippen molar-refractivity contribution in [2.75, 3.05) is 37.6 Å². The maximum absolute atomic E-state index is 13.9. The van der Waals surface area contributed by atoms with Gasteiger partial charge in [-0.2, -0.15) is 0 Å². The number of benzene rings is 4. The molecule has 0 aliphatic carbocycles. The second kappa shape index (κ2) is 10.0. The van der Waals surface area contributed by atoms with Crippen molar-refractivity contribution in [2.45, 2.75) is 6.04 Å². The highest BCUT2D eigenvalue weighted by atomic mass is 16.2. The summed E-state index contributed by atoms with van der Waals surface area (Å²) in [5.41, 5.74) is 6.85. The predicted octanol–water partition coefficient (Wildman–Crippen LogP) is 5.73. The molecule has 6 nitrogen and oxygen atoms in total. The van der Waals surface area contributed by atoms with E-state index in [1.165, 1.54) is 5.69 Å². The Balaban J connectivity index is 1.24. The monoisotopic (exact) mass is 526 g/mol. The molecule has 1 aromatic heterocycles. The van der Waals surface area contributed by atoms with Crippen molar-refractivity contribution in [1.82, 2.24) is 14.8 Å². The number of H-pyrrole nitrogens is 1. The maximum atomic E-state index is 13.9. The van der Waals surface area contributed by atoms with E-state index >= 15 is 0 Å². The zero-order chi connectivity index (χ0) is 27.1. The van der Waals surface area contributed by atoms with Crippen molar-refractivity contribution in [3.63, 3.8) is 0 Å². The molecule has 0 spiro atoms. The van der Waals surface area contributed by atoms with Crippen molar-refractivity contribution in [3.8, 4) is 11.3 Å². The minimum absolute atomic E-state index is 0.0139. The standard InChI is InChI=1S/C34H30N4O2/c39-30(37-21-19-36(20-22-37)25-13-5-2-6-14-25)23-38-33(26-15-7-8-16-27(26)34(38)40)31-28-17-9-10-18-29(28)35-32(31)24-11-3-1-4-12-24/h1-18,33,35H,19-23H2. The van der Waals surface area contributed by atoms with Crippen LogP contribution in [-0.4, -0.2) is 59.3 Å². The Hall–Kier alpha value is -4.84. The molecule has 0 saturated carbocycles. The molecule has 4 aromatic carbocycles. The van der Waals surface area contributed by atoms with Crippen LogP contribution >= 0.6 is 0 Å². The van der Waals surface area contributed by atoms with Gasteiger partial charge in [0.05, 0.1) is 11.7 Å². The fourth-order valence-corrected chi connectivity index (χ4v) is 6.22. The molecule has 40 heavy (non-hydrogen) atoms. The summed E-state index contributed by atoms with van der Waals surface area (Å²) in [5.74, 6) is -0.110. The number of para-hydroxylation sites is 2. The average molecular weight is 527 g/mol. The quantitative estimate of drug-likeness (QED) is 0.318. The van der Waals surface area contributed by atoms with Crippen LogP contribution in [0.3, 0.4) is 0 Å². The Labute approximate surface area is 233 Å². The summed E-state index contributed by atoms with van der Waals surface area (Å²) in [4.78, 5) is 37.2. The number of piperazine rings is 1. The predicted molar refractivity (Wildman–Crippen MR) is 158 cm³/mol. The number of anilines is 1. The van der Waals surface area contributed by atoms with Crippen LogP contribution in [0.25, 0.3) is 22.2 Å². The molecule has 3 heterocycles. The normalized spacial score (nSPS) is 16.9. The van der Waals surface area contributed by atoms with Crippen LogP contribution in [0, 0.1) is 0 Å².